The van der Waals surface area contributed by atoms with E-state index in [-0.39, 0.29) is 0 Å². The summed E-state index contributed by atoms with van der Waals surface area (Å²) in [6.45, 7) is 2.25. The molecular weight excluding hydrogens is 307 g/mol. The molecule has 2 saturated carbocycles. The molecule has 0 amide bonds. The van der Waals surface area contributed by atoms with Crippen LogP contribution in [-0.2, 0) is 6.42 Å². The zero-order valence-corrected chi connectivity index (χ0v) is 15.9. The maximum absolute atomic E-state index is 12.2. The largest absolute Gasteiger partial charge is 0.216 e. The summed E-state index contributed by atoms with van der Waals surface area (Å²) in [5.74, 6) is 3.42. The molecule has 3 rings (SSSR count). The van der Waals surface area contributed by atoms with E-state index in [0.29, 0.717) is 0 Å². The van der Waals surface area contributed by atoms with Gasteiger partial charge in [-0.3, -0.25) is 0 Å². The van der Waals surface area contributed by atoms with E-state index >= 15 is 0 Å². The fraction of sp³-hybridized carbons (Fsp3) is 0.667. The molecule has 0 saturated heterocycles. The first-order chi connectivity index (χ1) is 12.3. The van der Waals surface area contributed by atoms with Gasteiger partial charge >= 0.3 is 0 Å². The zero-order chi connectivity index (χ0) is 17.5. The molecule has 2 aliphatic rings. The van der Waals surface area contributed by atoms with Crippen LogP contribution in [0.5, 0.6) is 0 Å². The molecule has 1 heteroatoms. The summed E-state index contributed by atoms with van der Waals surface area (Å²) >= 11 is 0. The topological polar surface area (TPSA) is 0 Å². The minimum Gasteiger partial charge on any atom is -0.216 e. The second-order valence-corrected chi connectivity index (χ2v) is 8.48. The van der Waals surface area contributed by atoms with Crippen LogP contribution in [0.25, 0.3) is 0 Å². The molecular formula is C24H35F. The molecule has 0 heterocycles. The van der Waals surface area contributed by atoms with Crippen molar-refractivity contribution in [2.45, 2.75) is 83.5 Å². The molecule has 0 bridgehead atoms. The van der Waals surface area contributed by atoms with Gasteiger partial charge in [-0.05, 0) is 99.0 Å². The monoisotopic (exact) mass is 342 g/mol. The van der Waals surface area contributed by atoms with Crippen LogP contribution in [0.4, 0.5) is 4.39 Å². The Kier molecular flexibility index (Phi) is 7.13. The second-order valence-electron chi connectivity index (χ2n) is 8.48. The Morgan fingerprint density at radius 3 is 2.04 bits per heavy atom. The van der Waals surface area contributed by atoms with Crippen LogP contribution < -0.4 is 0 Å². The lowest BCUT2D eigenvalue weighted by atomic mass is 9.68. The fourth-order valence-corrected chi connectivity index (χ4v) is 5.31. The van der Waals surface area contributed by atoms with Crippen LogP contribution in [0, 0.1) is 17.8 Å². The van der Waals surface area contributed by atoms with Gasteiger partial charge in [0.1, 0.15) is 0 Å². The number of halogens is 1. The lowest BCUT2D eigenvalue weighted by molar-refractivity contribution is 0.160. The first-order valence-corrected chi connectivity index (χ1v) is 10.6. The normalized spacial score (nSPS) is 30.6. The van der Waals surface area contributed by atoms with Crippen LogP contribution in [0.3, 0.4) is 0 Å². The molecule has 2 aliphatic carbocycles. The van der Waals surface area contributed by atoms with Crippen molar-refractivity contribution in [2.75, 3.05) is 0 Å². The van der Waals surface area contributed by atoms with E-state index in [1.165, 1.54) is 69.8 Å². The first-order valence-electron chi connectivity index (χ1n) is 10.6. The predicted octanol–water partition coefficient (Wildman–Crippen LogP) is 7.59. The minimum atomic E-state index is 0.724. The molecule has 0 spiro atoms. The standard InChI is InChI=1S/C24H35F/c1-2-4-19-6-10-21(11-7-19)23-14-16-24(17-15-23)22-12-8-20(9-13-22)5-3-18-25/h3,6-7,10-11,18,20,22-24H,2,4-5,8-9,12-17H2,1H3/b18-3+/t20-,22-,23-,24-. The molecule has 2 fully saturated rings. The van der Waals surface area contributed by atoms with E-state index < -0.39 is 0 Å². The lowest BCUT2D eigenvalue weighted by Gasteiger charge is -2.38. The van der Waals surface area contributed by atoms with Crippen molar-refractivity contribution >= 4 is 0 Å². The molecule has 0 N–H and O–H groups in total. The SMILES string of the molecule is CCCc1ccc([C@H]2CC[C@H]([C@H]3CC[C@H](C/C=C/F)CC3)CC2)cc1. The van der Waals surface area contributed by atoms with Crippen molar-refractivity contribution in [3.63, 3.8) is 0 Å². The number of benzene rings is 1. The summed E-state index contributed by atoms with van der Waals surface area (Å²) in [5.41, 5.74) is 3.05. The van der Waals surface area contributed by atoms with Crippen molar-refractivity contribution in [1.29, 1.82) is 0 Å². The van der Waals surface area contributed by atoms with Gasteiger partial charge in [-0.2, -0.15) is 0 Å². The highest BCUT2D eigenvalue weighted by atomic mass is 19.1. The summed E-state index contributed by atoms with van der Waals surface area (Å²) in [5, 5.41) is 0. The first kappa shape index (κ1) is 18.7. The van der Waals surface area contributed by atoms with Gasteiger partial charge in [0.25, 0.3) is 0 Å². The van der Waals surface area contributed by atoms with Crippen LogP contribution in [-0.4, -0.2) is 0 Å². The van der Waals surface area contributed by atoms with Crippen molar-refractivity contribution in [1.82, 2.24) is 0 Å². The third kappa shape index (κ3) is 5.19. The molecule has 0 unspecified atom stereocenters. The summed E-state index contributed by atoms with van der Waals surface area (Å²) in [6, 6.07) is 9.47. The highest BCUT2D eigenvalue weighted by Gasteiger charge is 2.30. The summed E-state index contributed by atoms with van der Waals surface area (Å²) in [4.78, 5) is 0. The van der Waals surface area contributed by atoms with Crippen LogP contribution >= 0.6 is 0 Å². The van der Waals surface area contributed by atoms with E-state index in [9.17, 15) is 4.39 Å². The van der Waals surface area contributed by atoms with Crippen LogP contribution in [0.15, 0.2) is 36.7 Å². The van der Waals surface area contributed by atoms with Gasteiger partial charge in [0.05, 0.1) is 6.33 Å². The molecule has 0 atom stereocenters. The Morgan fingerprint density at radius 2 is 1.48 bits per heavy atom. The summed E-state index contributed by atoms with van der Waals surface area (Å²) < 4.78 is 12.2. The second kappa shape index (κ2) is 9.55. The lowest BCUT2D eigenvalue weighted by Crippen LogP contribution is -2.25. The smallest absolute Gasteiger partial charge is 0.0827 e. The third-order valence-corrected chi connectivity index (χ3v) is 6.88. The van der Waals surface area contributed by atoms with Crippen LogP contribution in [0.1, 0.15) is 88.2 Å². The molecule has 25 heavy (non-hydrogen) atoms. The average Bonchev–Trinajstić information content (AvgIpc) is 2.68. The molecule has 0 nitrogen and oxygen atoms in total. The Bertz CT molecular complexity index is 514. The Balaban J connectivity index is 1.44. The van der Waals surface area contributed by atoms with Crippen molar-refractivity contribution in [3.8, 4) is 0 Å². The predicted molar refractivity (Wildman–Crippen MR) is 105 cm³/mol. The molecule has 1 aromatic carbocycles. The zero-order valence-electron chi connectivity index (χ0n) is 15.9. The third-order valence-electron chi connectivity index (χ3n) is 6.88. The number of hydrogen-bond acceptors (Lipinski definition) is 0. The van der Waals surface area contributed by atoms with Gasteiger partial charge in [0.15, 0.2) is 0 Å². The van der Waals surface area contributed by atoms with Gasteiger partial charge in [-0.1, -0.05) is 43.7 Å². The minimum absolute atomic E-state index is 0.724. The quantitative estimate of drug-likeness (QED) is 0.499. The van der Waals surface area contributed by atoms with Crippen molar-refractivity contribution in [2.24, 2.45) is 17.8 Å². The molecule has 138 valence electrons. The number of aryl methyl sites for hydroxylation is 1. The van der Waals surface area contributed by atoms with Gasteiger partial charge in [0, 0.05) is 0 Å². The van der Waals surface area contributed by atoms with E-state index in [1.54, 1.807) is 11.6 Å². The van der Waals surface area contributed by atoms with E-state index in [2.05, 4.69) is 31.2 Å². The maximum Gasteiger partial charge on any atom is 0.0827 e. The summed E-state index contributed by atoms with van der Waals surface area (Å²) in [6.07, 6.45) is 16.8. The maximum atomic E-state index is 12.2. The molecule has 1 aromatic rings. The van der Waals surface area contributed by atoms with Crippen LogP contribution in [0.2, 0.25) is 0 Å². The molecule has 0 radical (unpaired) electrons. The average molecular weight is 343 g/mol. The highest BCUT2D eigenvalue weighted by Crippen LogP contribution is 2.44. The van der Waals surface area contributed by atoms with Gasteiger partial charge in [0.2, 0.25) is 0 Å². The van der Waals surface area contributed by atoms with E-state index in [0.717, 1.165) is 36.4 Å². The Labute approximate surface area is 153 Å². The van der Waals surface area contributed by atoms with Gasteiger partial charge in [-0.15, -0.1) is 0 Å². The van der Waals surface area contributed by atoms with E-state index in [1.807, 2.05) is 0 Å². The number of hydrogen-bond donors (Lipinski definition) is 0. The van der Waals surface area contributed by atoms with Crippen molar-refractivity contribution < 1.29 is 4.39 Å². The van der Waals surface area contributed by atoms with Crippen molar-refractivity contribution in [3.05, 3.63) is 47.8 Å². The molecule has 0 aromatic heterocycles. The number of allylic oxidation sites excluding steroid dienone is 1. The molecule has 0 aliphatic heterocycles. The van der Waals surface area contributed by atoms with Gasteiger partial charge < -0.3 is 0 Å². The Morgan fingerprint density at radius 1 is 0.880 bits per heavy atom. The fourth-order valence-electron chi connectivity index (χ4n) is 5.31. The summed E-state index contributed by atoms with van der Waals surface area (Å²) in [7, 11) is 0. The van der Waals surface area contributed by atoms with E-state index in [4.69, 9.17) is 0 Å². The van der Waals surface area contributed by atoms with Gasteiger partial charge in [-0.25, -0.2) is 4.39 Å². The number of rotatable bonds is 6. The Hall–Kier alpha value is -1.11. The highest BCUT2D eigenvalue weighted by molar-refractivity contribution is 5.26.